The van der Waals surface area contributed by atoms with Crippen LogP contribution in [0.4, 0.5) is 16.3 Å². The minimum Gasteiger partial charge on any atom is -0.359 e. The number of urea groups is 1. The number of benzene rings is 1. The third-order valence-corrected chi connectivity index (χ3v) is 4.71. The second-order valence-electron chi connectivity index (χ2n) is 6.48. The Balaban J connectivity index is 1.58. The summed E-state index contributed by atoms with van der Waals surface area (Å²) in [5.74, 6) is 0.337. The normalized spacial score (nSPS) is 13.9. The van der Waals surface area contributed by atoms with Crippen LogP contribution in [-0.4, -0.2) is 60.0 Å². The van der Waals surface area contributed by atoms with Crippen LogP contribution >= 0.6 is 0 Å². The molecule has 0 radical (unpaired) electrons. The van der Waals surface area contributed by atoms with Gasteiger partial charge in [0.25, 0.3) is 5.56 Å². The summed E-state index contributed by atoms with van der Waals surface area (Å²) in [6.45, 7) is 2.04. The van der Waals surface area contributed by atoms with Crippen LogP contribution in [0, 0.1) is 0 Å². The van der Waals surface area contributed by atoms with E-state index in [1.165, 1.54) is 6.20 Å². The Labute approximate surface area is 162 Å². The summed E-state index contributed by atoms with van der Waals surface area (Å²) in [4.78, 5) is 46.3. The number of aromatic amines is 1. The lowest BCUT2D eigenvalue weighted by atomic mass is 10.1. The Morgan fingerprint density at radius 1 is 1.18 bits per heavy atom. The third-order valence-electron chi connectivity index (χ3n) is 4.71. The molecule has 0 unspecified atom stereocenters. The van der Waals surface area contributed by atoms with E-state index in [4.69, 9.17) is 0 Å². The average Bonchev–Trinajstić information content (AvgIpc) is 2.73. The number of hydrogen-bond acceptors (Lipinski definition) is 5. The SMILES string of the molecule is CNC(=O)CCc1ccccc1NC(=O)N1CCN(c2ncc[nH]c2=O)CC1. The summed E-state index contributed by atoms with van der Waals surface area (Å²) in [5, 5.41) is 5.54. The van der Waals surface area contributed by atoms with Gasteiger partial charge in [0.1, 0.15) is 0 Å². The van der Waals surface area contributed by atoms with E-state index in [0.717, 1.165) is 5.56 Å². The monoisotopic (exact) mass is 384 g/mol. The fraction of sp³-hybridized carbons (Fsp3) is 0.368. The predicted octanol–water partition coefficient (Wildman–Crippen LogP) is 0.803. The Morgan fingerprint density at radius 2 is 1.93 bits per heavy atom. The number of anilines is 2. The molecular formula is C19H24N6O3. The standard InChI is InChI=1S/C19H24N6O3/c1-20-16(26)7-6-14-4-2-3-5-15(14)23-19(28)25-12-10-24(11-13-25)17-18(27)22-9-8-21-17/h2-5,8-9H,6-7,10-13H2,1H3,(H,20,26)(H,22,27)(H,23,28). The smallest absolute Gasteiger partial charge is 0.321 e. The van der Waals surface area contributed by atoms with Crippen molar-refractivity contribution in [2.24, 2.45) is 0 Å². The zero-order valence-corrected chi connectivity index (χ0v) is 15.8. The second-order valence-corrected chi connectivity index (χ2v) is 6.48. The Morgan fingerprint density at radius 3 is 2.64 bits per heavy atom. The van der Waals surface area contributed by atoms with E-state index in [-0.39, 0.29) is 17.5 Å². The molecule has 1 aromatic heterocycles. The van der Waals surface area contributed by atoms with Crippen LogP contribution in [0.3, 0.4) is 0 Å². The number of carbonyl (C=O) groups is 2. The number of piperazine rings is 1. The van der Waals surface area contributed by atoms with Gasteiger partial charge in [-0.3, -0.25) is 9.59 Å². The highest BCUT2D eigenvalue weighted by Gasteiger charge is 2.23. The van der Waals surface area contributed by atoms with Crippen LogP contribution in [-0.2, 0) is 11.2 Å². The molecule has 3 amide bonds. The lowest BCUT2D eigenvalue weighted by Crippen LogP contribution is -2.51. The number of para-hydroxylation sites is 1. The van der Waals surface area contributed by atoms with E-state index in [1.54, 1.807) is 18.1 Å². The van der Waals surface area contributed by atoms with E-state index in [9.17, 15) is 14.4 Å². The highest BCUT2D eigenvalue weighted by atomic mass is 16.2. The van der Waals surface area contributed by atoms with Gasteiger partial charge < -0.3 is 25.4 Å². The number of aromatic nitrogens is 2. The van der Waals surface area contributed by atoms with E-state index >= 15 is 0 Å². The van der Waals surface area contributed by atoms with Gasteiger partial charge in [0.05, 0.1) is 0 Å². The van der Waals surface area contributed by atoms with Crippen LogP contribution < -0.4 is 21.1 Å². The number of nitrogens with zero attached hydrogens (tertiary/aromatic N) is 3. The van der Waals surface area contributed by atoms with Crippen molar-refractivity contribution in [3.05, 3.63) is 52.6 Å². The van der Waals surface area contributed by atoms with Gasteiger partial charge in [-0.2, -0.15) is 0 Å². The number of aryl methyl sites for hydroxylation is 1. The summed E-state index contributed by atoms with van der Waals surface area (Å²) >= 11 is 0. The number of H-pyrrole nitrogens is 1. The number of carbonyl (C=O) groups excluding carboxylic acids is 2. The van der Waals surface area contributed by atoms with Crippen LogP contribution in [0.5, 0.6) is 0 Å². The molecule has 2 heterocycles. The molecular weight excluding hydrogens is 360 g/mol. The summed E-state index contributed by atoms with van der Waals surface area (Å²) in [5.41, 5.74) is 1.39. The van der Waals surface area contributed by atoms with Crippen LogP contribution in [0.1, 0.15) is 12.0 Å². The Kier molecular flexibility index (Phi) is 6.25. The number of hydrogen-bond donors (Lipinski definition) is 3. The maximum atomic E-state index is 12.7. The summed E-state index contributed by atoms with van der Waals surface area (Å²) in [7, 11) is 1.61. The molecule has 1 aromatic carbocycles. The van der Waals surface area contributed by atoms with Crippen molar-refractivity contribution in [1.29, 1.82) is 0 Å². The molecule has 9 nitrogen and oxygen atoms in total. The van der Waals surface area contributed by atoms with E-state index in [2.05, 4.69) is 20.6 Å². The molecule has 9 heteroatoms. The molecule has 0 saturated carbocycles. The lowest BCUT2D eigenvalue weighted by Gasteiger charge is -2.34. The van der Waals surface area contributed by atoms with E-state index in [0.29, 0.717) is 50.5 Å². The third kappa shape index (κ3) is 4.67. The van der Waals surface area contributed by atoms with Crippen LogP contribution in [0.25, 0.3) is 0 Å². The Hall–Kier alpha value is -3.36. The molecule has 0 bridgehead atoms. The highest BCUT2D eigenvalue weighted by Crippen LogP contribution is 2.18. The van der Waals surface area contributed by atoms with Crippen molar-refractivity contribution in [2.45, 2.75) is 12.8 Å². The van der Waals surface area contributed by atoms with E-state index in [1.807, 2.05) is 29.2 Å². The molecule has 28 heavy (non-hydrogen) atoms. The van der Waals surface area contributed by atoms with Gasteiger partial charge in [-0.05, 0) is 18.1 Å². The van der Waals surface area contributed by atoms with Crippen molar-refractivity contribution < 1.29 is 9.59 Å². The van der Waals surface area contributed by atoms with Gasteiger partial charge in [-0.15, -0.1) is 0 Å². The maximum Gasteiger partial charge on any atom is 0.321 e. The molecule has 0 aliphatic carbocycles. The quantitative estimate of drug-likeness (QED) is 0.706. The largest absolute Gasteiger partial charge is 0.359 e. The maximum absolute atomic E-state index is 12.7. The van der Waals surface area contributed by atoms with Gasteiger partial charge in [0.2, 0.25) is 5.91 Å². The molecule has 3 rings (SSSR count). The molecule has 1 fully saturated rings. The molecule has 1 aliphatic rings. The predicted molar refractivity (Wildman–Crippen MR) is 106 cm³/mol. The molecule has 1 aliphatic heterocycles. The van der Waals surface area contributed by atoms with Crippen LogP contribution in [0.15, 0.2) is 41.5 Å². The number of nitrogens with one attached hydrogen (secondary N) is 3. The highest BCUT2D eigenvalue weighted by molar-refractivity contribution is 5.90. The van der Waals surface area contributed by atoms with Gasteiger partial charge in [0, 0.05) is 57.7 Å². The fourth-order valence-electron chi connectivity index (χ4n) is 3.12. The first-order valence-electron chi connectivity index (χ1n) is 9.21. The average molecular weight is 384 g/mol. The molecule has 148 valence electrons. The van der Waals surface area contributed by atoms with Gasteiger partial charge in [-0.25, -0.2) is 9.78 Å². The molecule has 3 N–H and O–H groups in total. The first-order chi connectivity index (χ1) is 13.6. The second kappa shape index (κ2) is 9.03. The Bertz CT molecular complexity index is 889. The minimum absolute atomic E-state index is 0.0400. The van der Waals surface area contributed by atoms with Crippen LogP contribution in [0.2, 0.25) is 0 Å². The van der Waals surface area contributed by atoms with Crippen molar-refractivity contribution in [3.63, 3.8) is 0 Å². The van der Waals surface area contributed by atoms with Crippen molar-refractivity contribution in [3.8, 4) is 0 Å². The summed E-state index contributed by atoms with van der Waals surface area (Å²) in [6.07, 6.45) is 3.95. The minimum atomic E-state index is -0.231. The zero-order valence-electron chi connectivity index (χ0n) is 15.8. The molecule has 1 saturated heterocycles. The molecule has 0 atom stereocenters. The van der Waals surface area contributed by atoms with Crippen molar-refractivity contribution >= 4 is 23.4 Å². The van der Waals surface area contributed by atoms with Crippen molar-refractivity contribution in [2.75, 3.05) is 43.4 Å². The lowest BCUT2D eigenvalue weighted by molar-refractivity contribution is -0.120. The summed E-state index contributed by atoms with van der Waals surface area (Å²) in [6, 6.07) is 7.29. The number of amides is 3. The van der Waals surface area contributed by atoms with Crippen molar-refractivity contribution in [1.82, 2.24) is 20.2 Å². The molecule has 0 spiro atoms. The summed E-state index contributed by atoms with van der Waals surface area (Å²) < 4.78 is 0. The van der Waals surface area contributed by atoms with Gasteiger partial charge in [-0.1, -0.05) is 18.2 Å². The number of rotatable bonds is 5. The van der Waals surface area contributed by atoms with Gasteiger partial charge in [0.15, 0.2) is 5.82 Å². The van der Waals surface area contributed by atoms with E-state index < -0.39 is 0 Å². The molecule has 2 aromatic rings. The zero-order chi connectivity index (χ0) is 19.9. The first kappa shape index (κ1) is 19.4. The topological polar surface area (TPSA) is 110 Å². The fourth-order valence-corrected chi connectivity index (χ4v) is 3.12. The first-order valence-corrected chi connectivity index (χ1v) is 9.21. The van der Waals surface area contributed by atoms with Gasteiger partial charge >= 0.3 is 6.03 Å².